The van der Waals surface area contributed by atoms with Gasteiger partial charge in [0, 0.05) is 13.0 Å². The number of aldehydes is 1. The monoisotopic (exact) mass is 297 g/mol. The Bertz CT molecular complexity index is 373. The number of nitrogens with zero attached hydrogens (tertiary/aromatic N) is 2. The largest absolute Gasteiger partial charge is 0.368 e. The minimum Gasteiger partial charge on any atom is -0.368 e. The second kappa shape index (κ2) is 8.77. The van der Waals surface area contributed by atoms with Crippen LogP contribution in [0.15, 0.2) is 0 Å². The number of hydrogen-bond acceptors (Lipinski definition) is 4. The third kappa shape index (κ3) is 5.12. The lowest BCUT2D eigenvalue weighted by Gasteiger charge is -2.19. The van der Waals surface area contributed by atoms with E-state index in [1.54, 1.807) is 4.90 Å². The van der Waals surface area contributed by atoms with E-state index in [0.717, 1.165) is 51.5 Å². The molecule has 21 heavy (non-hydrogen) atoms. The zero-order chi connectivity index (χ0) is 15.8. The lowest BCUT2D eigenvalue weighted by Crippen LogP contribution is -2.37. The van der Waals surface area contributed by atoms with Crippen molar-refractivity contribution >= 4 is 18.1 Å². The minimum atomic E-state index is -0.185. The third-order valence-electron chi connectivity index (χ3n) is 4.09. The predicted octanol–water partition coefficient (Wildman–Crippen LogP) is 0.542. The number of rotatable bonds is 4. The summed E-state index contributed by atoms with van der Waals surface area (Å²) in [5.74, 6) is -0.0536. The van der Waals surface area contributed by atoms with Crippen molar-refractivity contribution in [3.05, 3.63) is 0 Å². The normalized spacial score (nSPS) is 25.3. The van der Waals surface area contributed by atoms with Gasteiger partial charge in [-0.3, -0.25) is 14.5 Å². The molecule has 0 bridgehead atoms. The molecule has 0 spiro atoms. The van der Waals surface area contributed by atoms with E-state index in [2.05, 4.69) is 0 Å². The highest BCUT2D eigenvalue weighted by Gasteiger charge is 2.27. The maximum absolute atomic E-state index is 11.4. The highest BCUT2D eigenvalue weighted by Crippen LogP contribution is 2.16. The molecule has 0 aromatic heterocycles. The molecular formula is C15H27N3O3. The summed E-state index contributed by atoms with van der Waals surface area (Å²) in [5, 5.41) is 0. The first kappa shape index (κ1) is 17.6. The summed E-state index contributed by atoms with van der Waals surface area (Å²) in [6.45, 7) is 3.75. The molecule has 0 saturated carbocycles. The van der Waals surface area contributed by atoms with Crippen LogP contribution in [0.5, 0.6) is 0 Å². The van der Waals surface area contributed by atoms with Gasteiger partial charge in [0.2, 0.25) is 11.8 Å². The molecule has 2 heterocycles. The SMILES string of the molecule is CCCC(=O)N1CCCC1C=O.CN1CCCC1C(N)=O. The summed E-state index contributed by atoms with van der Waals surface area (Å²) >= 11 is 0. The summed E-state index contributed by atoms with van der Waals surface area (Å²) in [6.07, 6.45) is 6.18. The van der Waals surface area contributed by atoms with E-state index >= 15 is 0 Å². The molecule has 2 saturated heterocycles. The van der Waals surface area contributed by atoms with Crippen LogP contribution in [0.3, 0.4) is 0 Å². The van der Waals surface area contributed by atoms with Crippen LogP contribution < -0.4 is 5.73 Å². The fraction of sp³-hybridized carbons (Fsp3) is 0.800. The van der Waals surface area contributed by atoms with Crippen LogP contribution in [0.2, 0.25) is 0 Å². The van der Waals surface area contributed by atoms with Gasteiger partial charge >= 0.3 is 0 Å². The molecule has 2 amide bonds. The number of likely N-dealkylation sites (N-methyl/N-ethyl adjacent to an activating group) is 1. The summed E-state index contributed by atoms with van der Waals surface area (Å²) in [4.78, 5) is 36.2. The van der Waals surface area contributed by atoms with E-state index in [1.165, 1.54) is 0 Å². The maximum atomic E-state index is 11.4. The summed E-state index contributed by atoms with van der Waals surface area (Å²) in [6, 6.07) is -0.131. The van der Waals surface area contributed by atoms with Crippen LogP contribution in [0.4, 0.5) is 0 Å². The van der Waals surface area contributed by atoms with E-state index in [1.807, 2.05) is 18.9 Å². The molecule has 2 aliphatic heterocycles. The topological polar surface area (TPSA) is 83.7 Å². The van der Waals surface area contributed by atoms with E-state index in [4.69, 9.17) is 5.73 Å². The molecule has 2 aliphatic rings. The van der Waals surface area contributed by atoms with E-state index in [9.17, 15) is 14.4 Å². The minimum absolute atomic E-state index is 0.00463. The van der Waals surface area contributed by atoms with Crippen LogP contribution in [-0.4, -0.2) is 60.1 Å². The molecule has 2 unspecified atom stereocenters. The van der Waals surface area contributed by atoms with Gasteiger partial charge in [-0.2, -0.15) is 0 Å². The number of nitrogens with two attached hydrogens (primary N) is 1. The highest BCUT2D eigenvalue weighted by molar-refractivity contribution is 5.80. The van der Waals surface area contributed by atoms with Gasteiger partial charge in [-0.1, -0.05) is 6.92 Å². The van der Waals surface area contributed by atoms with Gasteiger partial charge in [-0.15, -0.1) is 0 Å². The number of amides is 2. The highest BCUT2D eigenvalue weighted by atomic mass is 16.2. The van der Waals surface area contributed by atoms with Crippen LogP contribution >= 0.6 is 0 Å². The first-order valence-electron chi connectivity index (χ1n) is 7.75. The molecular weight excluding hydrogens is 270 g/mol. The molecule has 2 rings (SSSR count). The lowest BCUT2D eigenvalue weighted by molar-refractivity contribution is -0.134. The molecule has 120 valence electrons. The van der Waals surface area contributed by atoms with Gasteiger partial charge in [0.05, 0.1) is 12.1 Å². The van der Waals surface area contributed by atoms with Crippen molar-refractivity contribution in [1.82, 2.24) is 9.80 Å². The van der Waals surface area contributed by atoms with Gasteiger partial charge in [-0.25, -0.2) is 0 Å². The molecule has 0 aromatic carbocycles. The Labute approximate surface area is 126 Å². The number of likely N-dealkylation sites (tertiary alicyclic amines) is 2. The molecule has 0 aliphatic carbocycles. The number of hydrogen-bond donors (Lipinski definition) is 1. The quantitative estimate of drug-likeness (QED) is 0.768. The molecule has 2 N–H and O–H groups in total. The Morgan fingerprint density at radius 2 is 1.90 bits per heavy atom. The van der Waals surface area contributed by atoms with Crippen molar-refractivity contribution in [2.75, 3.05) is 20.1 Å². The summed E-state index contributed by atoms with van der Waals surface area (Å²) in [7, 11) is 1.93. The first-order valence-corrected chi connectivity index (χ1v) is 7.75. The molecule has 6 nitrogen and oxygen atoms in total. The van der Waals surface area contributed by atoms with Crippen molar-refractivity contribution in [2.24, 2.45) is 5.73 Å². The van der Waals surface area contributed by atoms with Crippen molar-refractivity contribution in [3.63, 3.8) is 0 Å². The smallest absolute Gasteiger partial charge is 0.234 e. The number of carbonyl (C=O) groups excluding carboxylic acids is 3. The van der Waals surface area contributed by atoms with Crippen molar-refractivity contribution in [2.45, 2.75) is 57.5 Å². The zero-order valence-electron chi connectivity index (χ0n) is 13.1. The van der Waals surface area contributed by atoms with E-state index in [0.29, 0.717) is 6.42 Å². The van der Waals surface area contributed by atoms with Crippen LogP contribution in [0.25, 0.3) is 0 Å². The molecule has 0 aromatic rings. The van der Waals surface area contributed by atoms with E-state index < -0.39 is 0 Å². The third-order valence-corrected chi connectivity index (χ3v) is 4.09. The second-order valence-electron chi connectivity index (χ2n) is 5.72. The lowest BCUT2D eigenvalue weighted by atomic mass is 10.2. The predicted molar refractivity (Wildman–Crippen MR) is 80.6 cm³/mol. The molecule has 2 atom stereocenters. The van der Waals surface area contributed by atoms with Gasteiger partial charge < -0.3 is 15.4 Å². The van der Waals surface area contributed by atoms with Crippen molar-refractivity contribution in [1.29, 1.82) is 0 Å². The first-order chi connectivity index (χ1) is 10.0. The van der Waals surface area contributed by atoms with Crippen LogP contribution in [0.1, 0.15) is 45.4 Å². The summed E-state index contributed by atoms with van der Waals surface area (Å²) < 4.78 is 0. The Hall–Kier alpha value is -1.43. The number of carbonyl (C=O) groups is 3. The molecule has 6 heteroatoms. The van der Waals surface area contributed by atoms with E-state index in [-0.39, 0.29) is 23.9 Å². The molecule has 2 fully saturated rings. The zero-order valence-corrected chi connectivity index (χ0v) is 13.1. The van der Waals surface area contributed by atoms with Crippen molar-refractivity contribution < 1.29 is 14.4 Å². The number of primary amides is 1. The second-order valence-corrected chi connectivity index (χ2v) is 5.72. The Kier molecular flexibility index (Phi) is 7.36. The van der Waals surface area contributed by atoms with Gasteiger partial charge in [0.25, 0.3) is 0 Å². The average Bonchev–Trinajstić information content (AvgIpc) is 3.07. The molecule has 0 radical (unpaired) electrons. The maximum Gasteiger partial charge on any atom is 0.234 e. The fourth-order valence-electron chi connectivity index (χ4n) is 2.87. The van der Waals surface area contributed by atoms with Crippen LogP contribution in [0, 0.1) is 0 Å². The average molecular weight is 297 g/mol. The Balaban J connectivity index is 0.000000219. The Morgan fingerprint density at radius 1 is 1.24 bits per heavy atom. The van der Waals surface area contributed by atoms with Crippen molar-refractivity contribution in [3.8, 4) is 0 Å². The van der Waals surface area contributed by atoms with Crippen LogP contribution in [-0.2, 0) is 14.4 Å². The van der Waals surface area contributed by atoms with Gasteiger partial charge in [0.1, 0.15) is 6.29 Å². The Morgan fingerprint density at radius 3 is 2.33 bits per heavy atom. The summed E-state index contributed by atoms with van der Waals surface area (Å²) in [5.41, 5.74) is 5.11. The fourth-order valence-corrected chi connectivity index (χ4v) is 2.87. The van der Waals surface area contributed by atoms with Gasteiger partial charge in [0.15, 0.2) is 0 Å². The standard InChI is InChI=1S/C9H15NO2.C6H12N2O/c1-2-4-9(12)10-6-3-5-8(10)7-11;1-8-4-2-3-5(8)6(7)9/h7-8H,2-6H2,1H3;5H,2-4H2,1H3,(H2,7,9). The van der Waals surface area contributed by atoms with Gasteiger partial charge in [-0.05, 0) is 45.7 Å².